The number of amides is 1. The minimum absolute atomic E-state index is 0.0365. The molecule has 2 aliphatic rings. The Labute approximate surface area is 142 Å². The summed E-state index contributed by atoms with van der Waals surface area (Å²) in [6, 6.07) is 10.7. The number of hydrogen-bond acceptors (Lipinski definition) is 3. The van der Waals surface area contributed by atoms with Crippen molar-refractivity contribution in [3.05, 3.63) is 53.6 Å². The zero-order chi connectivity index (χ0) is 16.5. The summed E-state index contributed by atoms with van der Waals surface area (Å²) in [5.74, 6) is 1.64. The molecule has 24 heavy (non-hydrogen) atoms. The van der Waals surface area contributed by atoms with Gasteiger partial charge in [0.1, 0.15) is 11.5 Å². The van der Waals surface area contributed by atoms with E-state index in [0.29, 0.717) is 11.6 Å². The van der Waals surface area contributed by atoms with Gasteiger partial charge < -0.3 is 9.88 Å². The van der Waals surface area contributed by atoms with Gasteiger partial charge in [-0.1, -0.05) is 30.3 Å². The van der Waals surface area contributed by atoms with Crippen LogP contribution in [-0.4, -0.2) is 33.4 Å². The van der Waals surface area contributed by atoms with Crippen LogP contribution < -0.4 is 5.32 Å². The van der Waals surface area contributed by atoms with Crippen LogP contribution in [0, 0.1) is 5.92 Å². The van der Waals surface area contributed by atoms with E-state index in [1.165, 1.54) is 18.4 Å². The summed E-state index contributed by atoms with van der Waals surface area (Å²) in [4.78, 5) is 19.3. The number of carbonyl (C=O) groups is 1. The summed E-state index contributed by atoms with van der Waals surface area (Å²) in [5.41, 5.74) is 1.87. The van der Waals surface area contributed by atoms with Crippen molar-refractivity contribution < 1.29 is 4.79 Å². The van der Waals surface area contributed by atoms with Gasteiger partial charge in [-0.25, -0.2) is 4.98 Å². The minimum Gasteiger partial charge on any atom is -0.350 e. The zero-order valence-electron chi connectivity index (χ0n) is 14.1. The molecule has 5 heteroatoms. The van der Waals surface area contributed by atoms with Crippen LogP contribution in [0.15, 0.2) is 36.5 Å². The molecule has 5 nitrogen and oxygen atoms in total. The number of aromatic nitrogens is 2. The molecule has 1 aromatic heterocycles. The molecule has 4 rings (SSSR count). The lowest BCUT2D eigenvalue weighted by atomic mass is 10.1. The van der Waals surface area contributed by atoms with Crippen LogP contribution in [-0.2, 0) is 13.1 Å². The van der Waals surface area contributed by atoms with Crippen molar-refractivity contribution in [3.8, 4) is 0 Å². The standard InChI is InChI=1S/C19H24N4O/c1-14-18-21-17(19(24)20-11-15-7-8-15)13-23(18)10-9-22(14)12-16-5-3-2-4-6-16/h2-6,13-15H,7-12H2,1H3,(H,20,24)/t14-/m0/s1. The van der Waals surface area contributed by atoms with Crippen LogP contribution in [0.2, 0.25) is 0 Å². The highest BCUT2D eigenvalue weighted by molar-refractivity contribution is 5.92. The number of benzene rings is 1. The Morgan fingerprint density at radius 2 is 2.04 bits per heavy atom. The van der Waals surface area contributed by atoms with Gasteiger partial charge >= 0.3 is 0 Å². The van der Waals surface area contributed by atoms with Gasteiger partial charge in [0.2, 0.25) is 0 Å². The van der Waals surface area contributed by atoms with Crippen LogP contribution in [0.25, 0.3) is 0 Å². The Hall–Kier alpha value is -2.14. The van der Waals surface area contributed by atoms with E-state index in [9.17, 15) is 4.79 Å². The van der Waals surface area contributed by atoms with E-state index in [0.717, 1.165) is 32.0 Å². The first-order chi connectivity index (χ1) is 11.7. The molecule has 0 radical (unpaired) electrons. The second-order valence-corrected chi connectivity index (χ2v) is 6.96. The highest BCUT2D eigenvalue weighted by Gasteiger charge is 2.28. The highest BCUT2D eigenvalue weighted by atomic mass is 16.1. The molecule has 126 valence electrons. The topological polar surface area (TPSA) is 50.2 Å². The molecule has 0 spiro atoms. The van der Waals surface area contributed by atoms with Crippen LogP contribution in [0.3, 0.4) is 0 Å². The normalized spacial score (nSPS) is 20.6. The van der Waals surface area contributed by atoms with Gasteiger partial charge in [-0.05, 0) is 31.2 Å². The maximum absolute atomic E-state index is 12.3. The van der Waals surface area contributed by atoms with Crippen molar-refractivity contribution in [1.82, 2.24) is 19.8 Å². The summed E-state index contributed by atoms with van der Waals surface area (Å²) < 4.78 is 2.14. The molecule has 1 aliphatic heterocycles. The Balaban J connectivity index is 1.45. The lowest BCUT2D eigenvalue weighted by molar-refractivity contribution is 0.0947. The van der Waals surface area contributed by atoms with Gasteiger partial charge in [-0.3, -0.25) is 9.69 Å². The third kappa shape index (κ3) is 3.22. The third-order valence-corrected chi connectivity index (χ3v) is 5.07. The molecule has 2 heterocycles. The molecule has 1 amide bonds. The number of imidazole rings is 1. The largest absolute Gasteiger partial charge is 0.350 e. The fourth-order valence-corrected chi connectivity index (χ4v) is 3.33. The van der Waals surface area contributed by atoms with E-state index in [2.05, 4.69) is 51.0 Å². The van der Waals surface area contributed by atoms with Crippen LogP contribution in [0.4, 0.5) is 0 Å². The van der Waals surface area contributed by atoms with Crippen molar-refractivity contribution in [3.63, 3.8) is 0 Å². The first-order valence-corrected chi connectivity index (χ1v) is 8.84. The van der Waals surface area contributed by atoms with Crippen molar-refractivity contribution in [2.24, 2.45) is 5.92 Å². The maximum Gasteiger partial charge on any atom is 0.271 e. The first kappa shape index (κ1) is 15.4. The fraction of sp³-hybridized carbons (Fsp3) is 0.474. The van der Waals surface area contributed by atoms with E-state index in [4.69, 9.17) is 0 Å². The van der Waals surface area contributed by atoms with Crippen LogP contribution in [0.5, 0.6) is 0 Å². The molecule has 1 N–H and O–H groups in total. The summed E-state index contributed by atoms with van der Waals surface area (Å²) in [7, 11) is 0. The molecular weight excluding hydrogens is 300 g/mol. The summed E-state index contributed by atoms with van der Waals surface area (Å²) >= 11 is 0. The number of fused-ring (bicyclic) bond motifs is 1. The molecule has 1 aliphatic carbocycles. The van der Waals surface area contributed by atoms with Gasteiger partial charge in [-0.15, -0.1) is 0 Å². The second kappa shape index (κ2) is 6.40. The number of nitrogens with one attached hydrogen (secondary N) is 1. The number of rotatable bonds is 5. The Morgan fingerprint density at radius 3 is 2.79 bits per heavy atom. The summed E-state index contributed by atoms with van der Waals surface area (Å²) in [6.07, 6.45) is 4.39. The Bertz CT molecular complexity index is 720. The van der Waals surface area contributed by atoms with Gasteiger partial charge in [0.15, 0.2) is 0 Å². The number of nitrogens with zero attached hydrogens (tertiary/aromatic N) is 3. The van der Waals surface area contributed by atoms with Gasteiger partial charge in [0.05, 0.1) is 6.04 Å². The smallest absolute Gasteiger partial charge is 0.271 e. The van der Waals surface area contributed by atoms with Crippen molar-refractivity contribution in [2.45, 2.75) is 38.9 Å². The molecule has 0 saturated heterocycles. The third-order valence-electron chi connectivity index (χ3n) is 5.07. The number of hydrogen-bond donors (Lipinski definition) is 1. The molecule has 1 atom stereocenters. The number of carbonyl (C=O) groups excluding carboxylic acids is 1. The van der Waals surface area contributed by atoms with E-state index < -0.39 is 0 Å². The SMILES string of the molecule is C[C@H]1c2nc(C(=O)NCC3CC3)cn2CCN1Cc1ccccc1. The Kier molecular flexibility index (Phi) is 4.10. The van der Waals surface area contributed by atoms with Crippen molar-refractivity contribution in [2.75, 3.05) is 13.1 Å². The van der Waals surface area contributed by atoms with Crippen LogP contribution >= 0.6 is 0 Å². The average molecular weight is 324 g/mol. The zero-order valence-corrected chi connectivity index (χ0v) is 14.1. The van der Waals surface area contributed by atoms with Gasteiger partial charge in [-0.2, -0.15) is 0 Å². The monoisotopic (exact) mass is 324 g/mol. The van der Waals surface area contributed by atoms with Gasteiger partial charge in [0, 0.05) is 32.4 Å². The lowest BCUT2D eigenvalue weighted by Crippen LogP contribution is -2.36. The molecule has 0 unspecified atom stereocenters. The molecule has 1 fully saturated rings. The predicted molar refractivity (Wildman–Crippen MR) is 92.6 cm³/mol. The predicted octanol–water partition coefficient (Wildman–Crippen LogP) is 2.60. The van der Waals surface area contributed by atoms with E-state index in [1.54, 1.807) is 0 Å². The van der Waals surface area contributed by atoms with E-state index >= 15 is 0 Å². The minimum atomic E-state index is -0.0365. The van der Waals surface area contributed by atoms with Crippen LogP contribution in [0.1, 0.15) is 47.7 Å². The maximum atomic E-state index is 12.3. The average Bonchev–Trinajstić information content (AvgIpc) is 3.33. The second-order valence-electron chi connectivity index (χ2n) is 6.96. The quantitative estimate of drug-likeness (QED) is 0.920. The molecule has 0 bridgehead atoms. The molecule has 1 saturated carbocycles. The Morgan fingerprint density at radius 1 is 1.25 bits per heavy atom. The molecule has 1 aromatic carbocycles. The highest BCUT2D eigenvalue weighted by Crippen LogP contribution is 2.28. The summed E-state index contributed by atoms with van der Waals surface area (Å²) in [5, 5.41) is 3.01. The fourth-order valence-electron chi connectivity index (χ4n) is 3.33. The van der Waals surface area contributed by atoms with E-state index in [1.807, 2.05) is 12.3 Å². The first-order valence-electron chi connectivity index (χ1n) is 8.84. The molecule has 2 aromatic rings. The van der Waals surface area contributed by atoms with Gasteiger partial charge in [0.25, 0.3) is 5.91 Å². The van der Waals surface area contributed by atoms with Crippen molar-refractivity contribution >= 4 is 5.91 Å². The van der Waals surface area contributed by atoms with Crippen molar-refractivity contribution in [1.29, 1.82) is 0 Å². The molecular formula is C19H24N4O. The van der Waals surface area contributed by atoms with E-state index in [-0.39, 0.29) is 11.9 Å². The summed E-state index contributed by atoms with van der Waals surface area (Å²) in [6.45, 7) is 5.74. The lowest BCUT2D eigenvalue weighted by Gasteiger charge is -2.33.